The quantitative estimate of drug-likeness (QED) is 0.515. The molecule has 0 spiro atoms. The standard InChI is InChI=1S/C29H31N3O4.H2O/c1-35-26-12-8-23(19-27(26)36-2)29(34)31-16-14-30(15-17-31)24-10-11-25-22(18-24)9-13-28(33)32(25)20-21-6-4-3-5-7-21;/h3-8,10-12,18-19H,9,13-17,20H2,1-2H3;1H2. The van der Waals surface area contributed by atoms with Gasteiger partial charge in [-0.2, -0.15) is 0 Å². The zero-order valence-electron chi connectivity index (χ0n) is 21.3. The number of hydrogen-bond donors (Lipinski definition) is 0. The minimum absolute atomic E-state index is 0. The number of benzene rings is 3. The van der Waals surface area contributed by atoms with Crippen molar-refractivity contribution in [3.8, 4) is 11.5 Å². The van der Waals surface area contributed by atoms with Crippen molar-refractivity contribution in [2.45, 2.75) is 19.4 Å². The highest BCUT2D eigenvalue weighted by Crippen LogP contribution is 2.33. The van der Waals surface area contributed by atoms with E-state index in [2.05, 4.69) is 35.2 Å². The van der Waals surface area contributed by atoms with Crippen LogP contribution in [0.3, 0.4) is 0 Å². The van der Waals surface area contributed by atoms with Gasteiger partial charge in [0.25, 0.3) is 5.91 Å². The van der Waals surface area contributed by atoms with Gasteiger partial charge in [0.2, 0.25) is 5.91 Å². The molecule has 3 aromatic carbocycles. The first-order chi connectivity index (χ1) is 17.6. The summed E-state index contributed by atoms with van der Waals surface area (Å²) < 4.78 is 10.6. The molecule has 1 saturated heterocycles. The summed E-state index contributed by atoms with van der Waals surface area (Å²) in [6.07, 6.45) is 1.28. The monoisotopic (exact) mass is 503 g/mol. The van der Waals surface area contributed by atoms with Crippen molar-refractivity contribution in [1.82, 2.24) is 4.90 Å². The minimum atomic E-state index is -0.00360. The Hall–Kier alpha value is -4.04. The van der Waals surface area contributed by atoms with Crippen LogP contribution in [-0.2, 0) is 17.8 Å². The molecule has 0 unspecified atom stereocenters. The van der Waals surface area contributed by atoms with Crippen LogP contribution in [0.1, 0.15) is 27.9 Å². The Morgan fingerprint density at radius 1 is 0.838 bits per heavy atom. The van der Waals surface area contributed by atoms with Crippen LogP contribution in [0, 0.1) is 0 Å². The topological polar surface area (TPSA) is 93.8 Å². The zero-order valence-corrected chi connectivity index (χ0v) is 21.3. The van der Waals surface area contributed by atoms with Crippen molar-refractivity contribution in [2.75, 3.05) is 50.2 Å². The van der Waals surface area contributed by atoms with E-state index in [1.54, 1.807) is 32.4 Å². The number of aryl methyl sites for hydroxylation is 1. The normalized spacial score (nSPS) is 15.1. The minimum Gasteiger partial charge on any atom is -0.493 e. The predicted molar refractivity (Wildman–Crippen MR) is 144 cm³/mol. The molecule has 2 heterocycles. The van der Waals surface area contributed by atoms with Crippen molar-refractivity contribution >= 4 is 23.2 Å². The molecule has 2 aliphatic heterocycles. The van der Waals surface area contributed by atoms with Crippen LogP contribution in [0.15, 0.2) is 66.7 Å². The molecule has 0 atom stereocenters. The van der Waals surface area contributed by atoms with E-state index in [1.807, 2.05) is 28.0 Å². The van der Waals surface area contributed by atoms with Gasteiger partial charge in [0, 0.05) is 49.5 Å². The van der Waals surface area contributed by atoms with Crippen LogP contribution in [0.2, 0.25) is 0 Å². The molecule has 37 heavy (non-hydrogen) atoms. The Bertz CT molecular complexity index is 1260. The maximum absolute atomic E-state index is 13.1. The second-order valence-electron chi connectivity index (χ2n) is 9.13. The molecule has 2 aliphatic rings. The number of hydrogen-bond acceptors (Lipinski definition) is 5. The molecule has 0 saturated carbocycles. The second kappa shape index (κ2) is 11.3. The lowest BCUT2D eigenvalue weighted by molar-refractivity contribution is -0.119. The Morgan fingerprint density at radius 2 is 1.57 bits per heavy atom. The number of rotatable bonds is 6. The number of methoxy groups -OCH3 is 2. The summed E-state index contributed by atoms with van der Waals surface area (Å²) in [5.74, 6) is 1.32. The lowest BCUT2D eigenvalue weighted by Crippen LogP contribution is -2.48. The van der Waals surface area contributed by atoms with Gasteiger partial charge in [0.1, 0.15) is 0 Å². The largest absolute Gasteiger partial charge is 0.493 e. The first-order valence-electron chi connectivity index (χ1n) is 12.3. The summed E-state index contributed by atoms with van der Waals surface area (Å²) in [7, 11) is 3.15. The van der Waals surface area contributed by atoms with Crippen molar-refractivity contribution in [1.29, 1.82) is 0 Å². The Kier molecular flexibility index (Phi) is 7.98. The van der Waals surface area contributed by atoms with Crippen LogP contribution in [0.25, 0.3) is 0 Å². The molecule has 8 heteroatoms. The molecule has 5 rings (SSSR count). The number of carbonyl (C=O) groups excluding carboxylic acids is 2. The number of ether oxygens (including phenoxy) is 2. The first-order valence-corrected chi connectivity index (χ1v) is 12.3. The number of carbonyl (C=O) groups is 2. The Labute approximate surface area is 217 Å². The molecule has 2 N–H and O–H groups in total. The van der Waals surface area contributed by atoms with Crippen LogP contribution in [-0.4, -0.2) is 62.6 Å². The molecular weight excluding hydrogens is 470 g/mol. The number of anilines is 2. The average molecular weight is 504 g/mol. The summed E-state index contributed by atoms with van der Waals surface area (Å²) in [6, 6.07) is 21.8. The van der Waals surface area contributed by atoms with E-state index in [4.69, 9.17) is 9.47 Å². The van der Waals surface area contributed by atoms with Gasteiger partial charge in [-0.3, -0.25) is 9.59 Å². The molecule has 3 aromatic rings. The molecule has 0 bridgehead atoms. The van der Waals surface area contributed by atoms with Gasteiger partial charge in [0.15, 0.2) is 11.5 Å². The predicted octanol–water partition coefficient (Wildman–Crippen LogP) is 3.32. The number of piperazine rings is 1. The van der Waals surface area contributed by atoms with E-state index >= 15 is 0 Å². The average Bonchev–Trinajstić information content (AvgIpc) is 2.94. The van der Waals surface area contributed by atoms with E-state index in [0.717, 1.165) is 36.4 Å². The van der Waals surface area contributed by atoms with Crippen LogP contribution in [0.5, 0.6) is 11.5 Å². The summed E-state index contributed by atoms with van der Waals surface area (Å²) in [5.41, 5.74) is 5.06. The van der Waals surface area contributed by atoms with Crippen LogP contribution >= 0.6 is 0 Å². The highest BCUT2D eigenvalue weighted by Gasteiger charge is 2.27. The van der Waals surface area contributed by atoms with E-state index in [1.165, 1.54) is 5.56 Å². The summed E-state index contributed by atoms with van der Waals surface area (Å²) in [6.45, 7) is 3.38. The maximum atomic E-state index is 13.1. The Morgan fingerprint density at radius 3 is 2.27 bits per heavy atom. The summed E-state index contributed by atoms with van der Waals surface area (Å²) in [5, 5.41) is 0. The highest BCUT2D eigenvalue weighted by molar-refractivity contribution is 5.97. The Balaban J connectivity index is 0.00000320. The maximum Gasteiger partial charge on any atom is 0.254 e. The van der Waals surface area contributed by atoms with Crippen LogP contribution in [0.4, 0.5) is 11.4 Å². The van der Waals surface area contributed by atoms with E-state index in [9.17, 15) is 9.59 Å². The molecule has 194 valence electrons. The van der Waals surface area contributed by atoms with Gasteiger partial charge < -0.3 is 29.6 Å². The summed E-state index contributed by atoms with van der Waals surface area (Å²) in [4.78, 5) is 31.9. The van der Waals surface area contributed by atoms with Gasteiger partial charge in [-0.15, -0.1) is 0 Å². The molecule has 0 aromatic heterocycles. The van der Waals surface area contributed by atoms with E-state index in [-0.39, 0.29) is 17.3 Å². The van der Waals surface area contributed by atoms with E-state index in [0.29, 0.717) is 43.1 Å². The third kappa shape index (κ3) is 5.39. The molecule has 1 fully saturated rings. The molecular formula is C29H33N3O5. The highest BCUT2D eigenvalue weighted by atomic mass is 16.5. The van der Waals surface area contributed by atoms with Crippen molar-refractivity contribution in [2.24, 2.45) is 0 Å². The molecule has 0 radical (unpaired) electrons. The third-order valence-corrected chi connectivity index (χ3v) is 7.01. The van der Waals surface area contributed by atoms with Gasteiger partial charge in [-0.25, -0.2) is 0 Å². The first kappa shape index (κ1) is 26.0. The SMILES string of the molecule is COc1ccc(C(=O)N2CCN(c3ccc4c(c3)CCC(=O)N4Cc3ccccc3)CC2)cc1OC.O. The molecule has 8 nitrogen and oxygen atoms in total. The van der Waals surface area contributed by atoms with Gasteiger partial charge in [0.05, 0.1) is 20.8 Å². The fraction of sp³-hybridized carbons (Fsp3) is 0.310. The lowest BCUT2D eigenvalue weighted by atomic mass is 9.99. The number of fused-ring (bicyclic) bond motifs is 1. The van der Waals surface area contributed by atoms with Gasteiger partial charge in [-0.05, 0) is 53.9 Å². The molecule has 2 amide bonds. The fourth-order valence-electron chi connectivity index (χ4n) is 5.00. The molecule has 0 aliphatic carbocycles. The van der Waals surface area contributed by atoms with E-state index < -0.39 is 0 Å². The third-order valence-electron chi connectivity index (χ3n) is 7.01. The fourth-order valence-corrected chi connectivity index (χ4v) is 5.00. The van der Waals surface area contributed by atoms with Crippen molar-refractivity contribution in [3.05, 3.63) is 83.4 Å². The number of nitrogens with zero attached hydrogens (tertiary/aromatic N) is 3. The van der Waals surface area contributed by atoms with Gasteiger partial charge in [-0.1, -0.05) is 30.3 Å². The van der Waals surface area contributed by atoms with Crippen LogP contribution < -0.4 is 19.3 Å². The lowest BCUT2D eigenvalue weighted by Gasteiger charge is -2.37. The summed E-state index contributed by atoms with van der Waals surface area (Å²) >= 11 is 0. The van der Waals surface area contributed by atoms with Crippen molar-refractivity contribution in [3.63, 3.8) is 0 Å². The zero-order chi connectivity index (χ0) is 25.1. The number of amides is 2. The van der Waals surface area contributed by atoms with Crippen molar-refractivity contribution < 1.29 is 24.5 Å². The van der Waals surface area contributed by atoms with Gasteiger partial charge >= 0.3 is 0 Å². The smallest absolute Gasteiger partial charge is 0.254 e. The second-order valence-corrected chi connectivity index (χ2v) is 9.13.